The van der Waals surface area contributed by atoms with Crippen LogP contribution in [-0.4, -0.2) is 15.3 Å². The van der Waals surface area contributed by atoms with Crippen LogP contribution in [0.5, 0.6) is 0 Å². The van der Waals surface area contributed by atoms with Gasteiger partial charge in [-0.15, -0.1) is 0 Å². The first-order chi connectivity index (χ1) is 7.08. The molecular weight excluding hydrogens is 256 g/mol. The Balaban J connectivity index is 2.32. The molecule has 0 spiro atoms. The number of ketones is 1. The third kappa shape index (κ3) is 2.14. The first kappa shape index (κ1) is 10.9. The first-order valence-corrected chi connectivity index (χ1v) is 6.12. The van der Waals surface area contributed by atoms with E-state index in [0.717, 1.165) is 29.1 Å². The normalized spacial score (nSPS) is 15.9. The number of fused-ring (bicyclic) bond motifs is 1. The quantitative estimate of drug-likeness (QED) is 0.827. The number of imidazole rings is 1. The molecule has 4 heteroatoms. The van der Waals surface area contributed by atoms with Crippen LogP contribution in [0.2, 0.25) is 0 Å². The molecule has 1 aromatic rings. The van der Waals surface area contributed by atoms with Crippen LogP contribution in [0, 0.1) is 5.92 Å². The predicted molar refractivity (Wildman–Crippen MR) is 61.8 cm³/mol. The molecule has 0 radical (unpaired) electrons. The Morgan fingerprint density at radius 2 is 2.27 bits per heavy atom. The van der Waals surface area contributed by atoms with Crippen LogP contribution in [0.15, 0.2) is 4.60 Å². The maximum atomic E-state index is 11.3. The Morgan fingerprint density at radius 3 is 2.93 bits per heavy atom. The van der Waals surface area contributed by atoms with Crippen molar-refractivity contribution < 1.29 is 4.79 Å². The summed E-state index contributed by atoms with van der Waals surface area (Å²) in [5, 5.41) is 0. The summed E-state index contributed by atoms with van der Waals surface area (Å²) in [6, 6.07) is 0. The number of hydrogen-bond acceptors (Lipinski definition) is 2. The standard InChI is InChI=1S/C11H15BrN2O/c1-7(2)5-9-11(12)14-4-3-8(15)6-10(14)13-9/h7H,3-6H2,1-2H3. The number of Topliss-reactive ketones (excluding diaryl/α,β-unsaturated/α-hetero) is 1. The average Bonchev–Trinajstić information content (AvgIpc) is 2.42. The van der Waals surface area contributed by atoms with Gasteiger partial charge in [0.05, 0.1) is 12.1 Å². The van der Waals surface area contributed by atoms with E-state index in [2.05, 4.69) is 39.3 Å². The highest BCUT2D eigenvalue weighted by Crippen LogP contribution is 2.24. The number of aromatic nitrogens is 2. The Labute approximate surface area is 98.0 Å². The molecule has 0 aromatic carbocycles. The van der Waals surface area contributed by atoms with Crippen LogP contribution in [0.1, 0.15) is 31.8 Å². The summed E-state index contributed by atoms with van der Waals surface area (Å²) in [4.78, 5) is 15.8. The third-order valence-electron chi connectivity index (χ3n) is 2.62. The molecule has 1 aliphatic heterocycles. The van der Waals surface area contributed by atoms with Gasteiger partial charge in [0.2, 0.25) is 0 Å². The van der Waals surface area contributed by atoms with Crippen LogP contribution in [0.25, 0.3) is 0 Å². The minimum atomic E-state index is 0.302. The fourth-order valence-electron chi connectivity index (χ4n) is 1.91. The molecule has 3 nitrogen and oxygen atoms in total. The van der Waals surface area contributed by atoms with Crippen molar-refractivity contribution in [2.24, 2.45) is 5.92 Å². The van der Waals surface area contributed by atoms with Gasteiger partial charge in [-0.1, -0.05) is 13.8 Å². The minimum Gasteiger partial charge on any atom is -0.322 e. The molecule has 1 aliphatic rings. The molecule has 0 saturated carbocycles. The molecule has 0 amide bonds. The molecule has 0 bridgehead atoms. The van der Waals surface area contributed by atoms with Gasteiger partial charge < -0.3 is 4.57 Å². The van der Waals surface area contributed by atoms with E-state index in [4.69, 9.17) is 0 Å². The SMILES string of the molecule is CC(C)Cc1nc2n(c1Br)CCC(=O)C2. The lowest BCUT2D eigenvalue weighted by atomic mass is 10.1. The summed E-state index contributed by atoms with van der Waals surface area (Å²) in [5.74, 6) is 1.82. The van der Waals surface area contributed by atoms with Gasteiger partial charge in [-0.25, -0.2) is 4.98 Å². The fourth-order valence-corrected chi connectivity index (χ4v) is 2.54. The van der Waals surface area contributed by atoms with Crippen molar-refractivity contribution in [1.29, 1.82) is 0 Å². The number of nitrogens with zero attached hydrogens (tertiary/aromatic N) is 2. The Hall–Kier alpha value is -0.640. The van der Waals surface area contributed by atoms with Crippen molar-refractivity contribution in [3.05, 3.63) is 16.1 Å². The number of halogens is 1. The molecular formula is C11H15BrN2O. The highest BCUT2D eigenvalue weighted by molar-refractivity contribution is 9.10. The van der Waals surface area contributed by atoms with Gasteiger partial charge in [0, 0.05) is 13.0 Å². The van der Waals surface area contributed by atoms with Crippen molar-refractivity contribution in [3.8, 4) is 0 Å². The maximum Gasteiger partial charge on any atom is 0.142 e. The molecule has 2 heterocycles. The Bertz CT molecular complexity index is 396. The second-order valence-electron chi connectivity index (χ2n) is 4.48. The Morgan fingerprint density at radius 1 is 1.53 bits per heavy atom. The summed E-state index contributed by atoms with van der Waals surface area (Å²) < 4.78 is 3.19. The van der Waals surface area contributed by atoms with Gasteiger partial charge in [0.1, 0.15) is 16.2 Å². The predicted octanol–water partition coefficient (Wildman–Crippen LogP) is 2.36. The number of rotatable bonds is 2. The summed E-state index contributed by atoms with van der Waals surface area (Å²) in [5.41, 5.74) is 1.09. The van der Waals surface area contributed by atoms with E-state index >= 15 is 0 Å². The van der Waals surface area contributed by atoms with Crippen LogP contribution < -0.4 is 0 Å². The molecule has 0 saturated heterocycles. The van der Waals surface area contributed by atoms with Gasteiger partial charge in [-0.2, -0.15) is 0 Å². The zero-order valence-electron chi connectivity index (χ0n) is 9.09. The molecule has 1 aromatic heterocycles. The fraction of sp³-hybridized carbons (Fsp3) is 0.636. The smallest absolute Gasteiger partial charge is 0.142 e. The van der Waals surface area contributed by atoms with Crippen molar-refractivity contribution in [2.75, 3.05) is 0 Å². The molecule has 0 N–H and O–H groups in total. The lowest BCUT2D eigenvalue weighted by Gasteiger charge is -2.13. The summed E-state index contributed by atoms with van der Waals surface area (Å²) in [6.45, 7) is 5.13. The van der Waals surface area contributed by atoms with Crippen molar-refractivity contribution in [3.63, 3.8) is 0 Å². The highest BCUT2D eigenvalue weighted by atomic mass is 79.9. The van der Waals surface area contributed by atoms with E-state index in [1.165, 1.54) is 0 Å². The molecule has 82 valence electrons. The summed E-state index contributed by atoms with van der Waals surface area (Å²) in [6.07, 6.45) is 2.11. The van der Waals surface area contributed by atoms with Crippen LogP contribution in [0.3, 0.4) is 0 Å². The van der Waals surface area contributed by atoms with E-state index in [9.17, 15) is 4.79 Å². The van der Waals surface area contributed by atoms with Gasteiger partial charge in [-0.3, -0.25) is 4.79 Å². The van der Waals surface area contributed by atoms with Crippen LogP contribution in [0.4, 0.5) is 0 Å². The van der Waals surface area contributed by atoms with E-state index in [-0.39, 0.29) is 0 Å². The van der Waals surface area contributed by atoms with Crippen molar-refractivity contribution in [1.82, 2.24) is 9.55 Å². The highest BCUT2D eigenvalue weighted by Gasteiger charge is 2.22. The number of hydrogen-bond donors (Lipinski definition) is 0. The van der Waals surface area contributed by atoms with Crippen LogP contribution >= 0.6 is 15.9 Å². The summed E-state index contributed by atoms with van der Waals surface area (Å²) in [7, 11) is 0. The molecule has 0 unspecified atom stereocenters. The Kier molecular flexibility index (Phi) is 2.96. The monoisotopic (exact) mass is 270 g/mol. The lowest BCUT2D eigenvalue weighted by Crippen LogP contribution is -2.18. The third-order valence-corrected chi connectivity index (χ3v) is 3.51. The largest absolute Gasteiger partial charge is 0.322 e. The second-order valence-corrected chi connectivity index (χ2v) is 5.23. The molecule has 0 atom stereocenters. The van der Waals surface area contributed by atoms with E-state index in [1.807, 2.05) is 0 Å². The van der Waals surface area contributed by atoms with Crippen LogP contribution in [-0.2, 0) is 24.2 Å². The minimum absolute atomic E-state index is 0.302. The van der Waals surface area contributed by atoms with Gasteiger partial charge in [-0.05, 0) is 28.3 Å². The maximum absolute atomic E-state index is 11.3. The molecule has 0 aliphatic carbocycles. The molecule has 15 heavy (non-hydrogen) atoms. The molecule has 2 rings (SSSR count). The molecule has 0 fully saturated rings. The lowest BCUT2D eigenvalue weighted by molar-refractivity contribution is -0.119. The topological polar surface area (TPSA) is 34.9 Å². The number of carbonyl (C=O) groups excluding carboxylic acids is 1. The van der Waals surface area contributed by atoms with E-state index in [1.54, 1.807) is 0 Å². The van der Waals surface area contributed by atoms with E-state index in [0.29, 0.717) is 24.5 Å². The number of carbonyl (C=O) groups is 1. The zero-order chi connectivity index (χ0) is 11.0. The van der Waals surface area contributed by atoms with Gasteiger partial charge in [0.25, 0.3) is 0 Å². The summed E-state index contributed by atoms with van der Waals surface area (Å²) >= 11 is 3.57. The van der Waals surface area contributed by atoms with Crippen molar-refractivity contribution in [2.45, 2.75) is 39.7 Å². The zero-order valence-corrected chi connectivity index (χ0v) is 10.7. The van der Waals surface area contributed by atoms with Gasteiger partial charge >= 0.3 is 0 Å². The average molecular weight is 271 g/mol. The first-order valence-electron chi connectivity index (χ1n) is 5.33. The second kappa shape index (κ2) is 4.08. The van der Waals surface area contributed by atoms with E-state index < -0.39 is 0 Å². The van der Waals surface area contributed by atoms with Gasteiger partial charge in [0.15, 0.2) is 0 Å². The van der Waals surface area contributed by atoms with Crippen molar-refractivity contribution >= 4 is 21.7 Å².